The first-order valence-electron chi connectivity index (χ1n) is 6.21. The van der Waals surface area contributed by atoms with Gasteiger partial charge in [-0.2, -0.15) is 0 Å². The van der Waals surface area contributed by atoms with Gasteiger partial charge in [-0.25, -0.2) is 9.59 Å². The first-order valence-corrected chi connectivity index (χ1v) is 7.00. The van der Waals surface area contributed by atoms with Crippen LogP contribution >= 0.6 is 15.9 Å². The van der Waals surface area contributed by atoms with Crippen LogP contribution in [0.2, 0.25) is 0 Å². The third-order valence-electron chi connectivity index (χ3n) is 3.20. The third-order valence-corrected chi connectivity index (χ3v) is 3.69. The van der Waals surface area contributed by atoms with Crippen molar-refractivity contribution in [2.75, 3.05) is 32.0 Å². The fourth-order valence-electron chi connectivity index (χ4n) is 1.93. The Morgan fingerprint density at radius 1 is 1.33 bits per heavy atom. The Balaban J connectivity index is 2.13. The number of halogens is 1. The highest BCUT2D eigenvalue weighted by Gasteiger charge is 2.25. The number of nitrogens with one attached hydrogen (secondary N) is 1. The van der Waals surface area contributed by atoms with Crippen LogP contribution in [0.15, 0.2) is 22.7 Å². The molecular formula is C13H14BrN3O4. The number of likely N-dealkylation sites (N-methyl/N-ethyl adjacent to an activating group) is 1. The minimum absolute atomic E-state index is 0.0126. The summed E-state index contributed by atoms with van der Waals surface area (Å²) in [4.78, 5) is 37.8. The van der Waals surface area contributed by atoms with Gasteiger partial charge in [-0.1, -0.05) is 15.9 Å². The van der Waals surface area contributed by atoms with Crippen molar-refractivity contribution in [2.45, 2.75) is 0 Å². The molecule has 0 atom stereocenters. The summed E-state index contributed by atoms with van der Waals surface area (Å²) in [6.07, 6.45) is 0. The Bertz CT molecular complexity index is 605. The molecule has 7 nitrogen and oxygen atoms in total. The summed E-state index contributed by atoms with van der Waals surface area (Å²) in [5.41, 5.74) is 0.181. The summed E-state index contributed by atoms with van der Waals surface area (Å²) >= 11 is 3.19. The molecule has 8 heteroatoms. The molecule has 0 aliphatic carbocycles. The molecule has 0 radical (unpaired) electrons. The highest BCUT2D eigenvalue weighted by atomic mass is 79.9. The van der Waals surface area contributed by atoms with E-state index in [-0.39, 0.29) is 23.7 Å². The molecule has 0 spiro atoms. The zero-order valence-electron chi connectivity index (χ0n) is 11.3. The molecule has 0 unspecified atom stereocenters. The zero-order chi connectivity index (χ0) is 15.6. The van der Waals surface area contributed by atoms with E-state index in [4.69, 9.17) is 5.11 Å². The number of piperazine rings is 1. The number of urea groups is 1. The predicted octanol–water partition coefficient (Wildman–Crippen LogP) is 1.45. The van der Waals surface area contributed by atoms with Crippen molar-refractivity contribution in [1.29, 1.82) is 0 Å². The lowest BCUT2D eigenvalue weighted by Gasteiger charge is -2.32. The van der Waals surface area contributed by atoms with Crippen LogP contribution in [-0.2, 0) is 4.79 Å². The van der Waals surface area contributed by atoms with E-state index in [9.17, 15) is 14.4 Å². The van der Waals surface area contributed by atoms with E-state index in [0.29, 0.717) is 17.6 Å². The third kappa shape index (κ3) is 3.52. The quantitative estimate of drug-likeness (QED) is 0.840. The smallest absolute Gasteiger partial charge is 0.337 e. The Kier molecular flexibility index (Phi) is 4.46. The maximum absolute atomic E-state index is 12.1. The number of benzene rings is 1. The van der Waals surface area contributed by atoms with Crippen LogP contribution in [-0.4, -0.2) is 59.5 Å². The molecule has 1 aromatic rings. The number of carbonyl (C=O) groups excluding carboxylic acids is 2. The van der Waals surface area contributed by atoms with Crippen molar-refractivity contribution in [1.82, 2.24) is 9.80 Å². The Morgan fingerprint density at radius 3 is 2.67 bits per heavy atom. The number of carboxylic acids is 1. The molecule has 1 fully saturated rings. The summed E-state index contributed by atoms with van der Waals surface area (Å²) in [5, 5.41) is 11.7. The second-order valence-corrected chi connectivity index (χ2v) is 5.58. The number of aromatic carboxylic acids is 1. The number of nitrogens with zero attached hydrogens (tertiary/aromatic N) is 2. The highest BCUT2D eigenvalue weighted by molar-refractivity contribution is 9.10. The number of anilines is 1. The second kappa shape index (κ2) is 6.13. The molecule has 1 aliphatic heterocycles. The van der Waals surface area contributed by atoms with Gasteiger partial charge in [0.1, 0.15) is 6.54 Å². The van der Waals surface area contributed by atoms with Gasteiger partial charge in [0, 0.05) is 24.6 Å². The number of amides is 3. The van der Waals surface area contributed by atoms with Crippen molar-refractivity contribution >= 4 is 39.5 Å². The van der Waals surface area contributed by atoms with Crippen molar-refractivity contribution in [3.8, 4) is 0 Å². The summed E-state index contributed by atoms with van der Waals surface area (Å²) in [6, 6.07) is 4.06. The van der Waals surface area contributed by atoms with Crippen molar-refractivity contribution in [3.05, 3.63) is 28.2 Å². The Hall–Kier alpha value is -2.09. The van der Waals surface area contributed by atoms with E-state index in [0.717, 1.165) is 0 Å². The molecule has 3 amide bonds. The lowest BCUT2D eigenvalue weighted by atomic mass is 10.2. The summed E-state index contributed by atoms with van der Waals surface area (Å²) in [6.45, 7) is 0.854. The van der Waals surface area contributed by atoms with Gasteiger partial charge < -0.3 is 20.2 Å². The molecule has 1 heterocycles. The van der Waals surface area contributed by atoms with Gasteiger partial charge in [0.25, 0.3) is 0 Å². The van der Waals surface area contributed by atoms with E-state index in [1.54, 1.807) is 18.0 Å². The molecule has 0 aromatic heterocycles. The van der Waals surface area contributed by atoms with Gasteiger partial charge in [0.15, 0.2) is 0 Å². The molecule has 0 bridgehead atoms. The molecule has 1 aliphatic rings. The van der Waals surface area contributed by atoms with Crippen LogP contribution in [0.5, 0.6) is 0 Å². The van der Waals surface area contributed by atoms with Gasteiger partial charge in [-0.15, -0.1) is 0 Å². The fraction of sp³-hybridized carbons (Fsp3) is 0.308. The second-order valence-electron chi connectivity index (χ2n) is 4.66. The molecule has 21 heavy (non-hydrogen) atoms. The summed E-state index contributed by atoms with van der Waals surface area (Å²) in [7, 11) is 1.68. The topological polar surface area (TPSA) is 89.9 Å². The highest BCUT2D eigenvalue weighted by Crippen LogP contribution is 2.21. The molecule has 112 valence electrons. The summed E-state index contributed by atoms with van der Waals surface area (Å²) in [5.74, 6) is -1.29. The van der Waals surface area contributed by atoms with Crippen LogP contribution in [0.3, 0.4) is 0 Å². The average Bonchev–Trinajstić information content (AvgIpc) is 2.43. The average molecular weight is 356 g/mol. The van der Waals surface area contributed by atoms with Gasteiger partial charge in [0.05, 0.1) is 11.3 Å². The number of hydrogen-bond donors (Lipinski definition) is 2. The Labute approximate surface area is 129 Å². The minimum atomic E-state index is -1.14. The van der Waals surface area contributed by atoms with E-state index in [1.165, 1.54) is 17.0 Å². The van der Waals surface area contributed by atoms with Crippen LogP contribution in [0.25, 0.3) is 0 Å². The van der Waals surface area contributed by atoms with Crippen LogP contribution in [0.1, 0.15) is 10.4 Å². The summed E-state index contributed by atoms with van der Waals surface area (Å²) < 4.78 is 0.604. The molecule has 2 rings (SSSR count). The lowest BCUT2D eigenvalue weighted by molar-refractivity contribution is -0.133. The van der Waals surface area contributed by atoms with Gasteiger partial charge in [0.2, 0.25) is 5.91 Å². The lowest BCUT2D eigenvalue weighted by Crippen LogP contribution is -2.51. The SMILES string of the molecule is CN1CCN(C(=O)Nc2ccc(Br)cc2C(=O)O)CC1=O. The van der Waals surface area contributed by atoms with E-state index < -0.39 is 12.0 Å². The zero-order valence-corrected chi connectivity index (χ0v) is 12.9. The van der Waals surface area contributed by atoms with Crippen LogP contribution in [0, 0.1) is 0 Å². The van der Waals surface area contributed by atoms with Gasteiger partial charge in [-0.05, 0) is 18.2 Å². The largest absolute Gasteiger partial charge is 0.478 e. The first kappa shape index (κ1) is 15.3. The van der Waals surface area contributed by atoms with E-state index >= 15 is 0 Å². The van der Waals surface area contributed by atoms with Crippen LogP contribution in [0.4, 0.5) is 10.5 Å². The minimum Gasteiger partial charge on any atom is -0.478 e. The standard InChI is InChI=1S/C13H14BrN3O4/c1-16-4-5-17(7-11(16)18)13(21)15-10-3-2-8(14)6-9(10)12(19)20/h2-3,6H,4-5,7H2,1H3,(H,15,21)(H,19,20). The van der Waals surface area contributed by atoms with Gasteiger partial charge >= 0.3 is 12.0 Å². The molecular weight excluding hydrogens is 342 g/mol. The van der Waals surface area contributed by atoms with Crippen molar-refractivity contribution in [3.63, 3.8) is 0 Å². The van der Waals surface area contributed by atoms with Crippen molar-refractivity contribution < 1.29 is 19.5 Å². The molecule has 1 aromatic carbocycles. The maximum atomic E-state index is 12.1. The van der Waals surface area contributed by atoms with E-state index in [2.05, 4.69) is 21.2 Å². The molecule has 2 N–H and O–H groups in total. The van der Waals surface area contributed by atoms with Crippen LogP contribution < -0.4 is 5.32 Å². The number of carbonyl (C=O) groups is 3. The number of rotatable bonds is 2. The number of carboxylic acid groups (broad SMARTS) is 1. The maximum Gasteiger partial charge on any atom is 0.337 e. The normalized spacial score (nSPS) is 15.0. The Morgan fingerprint density at radius 2 is 2.05 bits per heavy atom. The van der Waals surface area contributed by atoms with Crippen molar-refractivity contribution in [2.24, 2.45) is 0 Å². The monoisotopic (exact) mass is 355 g/mol. The van der Waals surface area contributed by atoms with Gasteiger partial charge in [-0.3, -0.25) is 4.79 Å². The first-order chi connectivity index (χ1) is 9.88. The predicted molar refractivity (Wildman–Crippen MR) is 79.3 cm³/mol. The molecule has 1 saturated heterocycles. The fourth-order valence-corrected chi connectivity index (χ4v) is 2.29. The van der Waals surface area contributed by atoms with E-state index in [1.807, 2.05) is 0 Å². The molecule has 0 saturated carbocycles. The number of hydrogen-bond acceptors (Lipinski definition) is 3.